The summed E-state index contributed by atoms with van der Waals surface area (Å²) < 4.78 is 29.0. The smallest absolute Gasteiger partial charge is 0.226 e. The molecule has 1 aliphatic rings. The maximum absolute atomic E-state index is 14.1. The molecule has 1 aliphatic heterocycles. The lowest BCUT2D eigenvalue weighted by Gasteiger charge is -2.23. The topological polar surface area (TPSA) is 67.1 Å². The Morgan fingerprint density at radius 2 is 1.92 bits per heavy atom. The number of halogens is 2. The van der Waals surface area contributed by atoms with E-state index in [1.54, 1.807) is 12.1 Å². The average Bonchev–Trinajstić information content (AvgIpc) is 3.00. The molecule has 2 aromatic carbocycles. The molecule has 0 fully saturated rings. The number of carbonyl (C=O) groups excluding carboxylic acids is 1. The molecule has 0 saturated heterocycles. The third kappa shape index (κ3) is 2.63. The van der Waals surface area contributed by atoms with E-state index in [0.29, 0.717) is 11.5 Å². The Kier molecular flexibility index (Phi) is 3.49. The highest BCUT2D eigenvalue weighted by atomic mass is 19.1. The summed E-state index contributed by atoms with van der Waals surface area (Å²) in [7, 11) is 0. The standard InChI is InChI=1S/C18H13F2N3O2/c19-11-3-6-14(20)15(7-11)23-9-21-17-13(8-16(25)22-18(17)23)10-1-4-12(24)5-2-10/h1-7,9,13,24H,8H2,(H,22,25)/t13-/m0/s1. The molecule has 0 saturated carbocycles. The van der Waals surface area contributed by atoms with Crippen LogP contribution in [-0.2, 0) is 4.79 Å². The minimum atomic E-state index is -0.623. The Balaban J connectivity index is 1.84. The van der Waals surface area contributed by atoms with Crippen molar-refractivity contribution < 1.29 is 18.7 Å². The number of amides is 1. The Labute approximate surface area is 141 Å². The first kappa shape index (κ1) is 15.3. The summed E-state index contributed by atoms with van der Waals surface area (Å²) in [6.45, 7) is 0. The van der Waals surface area contributed by atoms with Gasteiger partial charge >= 0.3 is 0 Å². The molecule has 1 amide bonds. The molecule has 126 valence electrons. The number of aromatic hydroxyl groups is 1. The second-order valence-corrected chi connectivity index (χ2v) is 5.84. The number of nitrogens with zero attached hydrogens (tertiary/aromatic N) is 2. The normalized spacial score (nSPS) is 16.4. The summed E-state index contributed by atoms with van der Waals surface area (Å²) in [6, 6.07) is 9.59. The first-order valence-electron chi connectivity index (χ1n) is 7.64. The van der Waals surface area contributed by atoms with Gasteiger partial charge in [-0.3, -0.25) is 9.36 Å². The van der Waals surface area contributed by atoms with E-state index in [1.165, 1.54) is 23.0 Å². The number of phenolic OH excluding ortho intramolecular Hbond substituents is 1. The molecule has 7 heteroatoms. The van der Waals surface area contributed by atoms with Gasteiger partial charge in [0, 0.05) is 18.4 Å². The van der Waals surface area contributed by atoms with Crippen molar-refractivity contribution in [1.82, 2.24) is 9.55 Å². The van der Waals surface area contributed by atoms with Gasteiger partial charge in [0.1, 0.15) is 29.5 Å². The molecule has 2 N–H and O–H groups in total. The van der Waals surface area contributed by atoms with E-state index < -0.39 is 11.6 Å². The molecule has 0 aliphatic carbocycles. The van der Waals surface area contributed by atoms with Crippen LogP contribution in [-0.4, -0.2) is 20.6 Å². The van der Waals surface area contributed by atoms with Crippen LogP contribution in [0.1, 0.15) is 23.6 Å². The van der Waals surface area contributed by atoms with E-state index in [9.17, 15) is 18.7 Å². The van der Waals surface area contributed by atoms with Crippen LogP contribution in [0.2, 0.25) is 0 Å². The van der Waals surface area contributed by atoms with Gasteiger partial charge < -0.3 is 10.4 Å². The fourth-order valence-corrected chi connectivity index (χ4v) is 3.04. The van der Waals surface area contributed by atoms with Crippen LogP contribution in [0, 0.1) is 11.6 Å². The molecule has 0 bridgehead atoms. The number of imidazole rings is 1. The van der Waals surface area contributed by atoms with Gasteiger partial charge in [0.05, 0.1) is 11.4 Å². The molecule has 0 unspecified atom stereocenters. The molecule has 1 aromatic heterocycles. The maximum atomic E-state index is 14.1. The largest absolute Gasteiger partial charge is 0.508 e. The number of nitrogens with one attached hydrogen (secondary N) is 1. The van der Waals surface area contributed by atoms with Crippen LogP contribution in [0.5, 0.6) is 5.75 Å². The molecule has 0 spiro atoms. The van der Waals surface area contributed by atoms with E-state index in [2.05, 4.69) is 10.3 Å². The van der Waals surface area contributed by atoms with Crippen molar-refractivity contribution in [3.63, 3.8) is 0 Å². The van der Waals surface area contributed by atoms with Crippen LogP contribution >= 0.6 is 0 Å². The highest BCUT2D eigenvalue weighted by molar-refractivity contribution is 5.94. The zero-order valence-corrected chi connectivity index (χ0v) is 12.9. The Morgan fingerprint density at radius 3 is 2.68 bits per heavy atom. The van der Waals surface area contributed by atoms with Crippen LogP contribution in [0.4, 0.5) is 14.6 Å². The second-order valence-electron chi connectivity index (χ2n) is 5.84. The molecule has 25 heavy (non-hydrogen) atoms. The number of rotatable bonds is 2. The predicted octanol–water partition coefficient (Wildman–Crippen LogP) is 3.33. The average molecular weight is 341 g/mol. The van der Waals surface area contributed by atoms with E-state index in [1.807, 2.05) is 0 Å². The minimum absolute atomic E-state index is 0.0274. The molecular formula is C18H13F2N3O2. The van der Waals surface area contributed by atoms with E-state index in [-0.39, 0.29) is 29.7 Å². The molecular weight excluding hydrogens is 328 g/mol. The third-order valence-electron chi connectivity index (χ3n) is 4.24. The van der Waals surface area contributed by atoms with Gasteiger partial charge in [0.15, 0.2) is 0 Å². The lowest BCUT2D eigenvalue weighted by Crippen LogP contribution is -2.25. The lowest BCUT2D eigenvalue weighted by atomic mass is 9.90. The highest BCUT2D eigenvalue weighted by Crippen LogP contribution is 2.38. The van der Waals surface area contributed by atoms with Crippen LogP contribution in [0.3, 0.4) is 0 Å². The van der Waals surface area contributed by atoms with Gasteiger partial charge in [0.2, 0.25) is 5.91 Å². The van der Waals surface area contributed by atoms with Crippen LogP contribution in [0.15, 0.2) is 48.8 Å². The number of phenols is 1. The maximum Gasteiger partial charge on any atom is 0.226 e. The third-order valence-corrected chi connectivity index (χ3v) is 4.24. The molecule has 1 atom stereocenters. The minimum Gasteiger partial charge on any atom is -0.508 e. The van der Waals surface area contributed by atoms with Crippen molar-refractivity contribution in [2.24, 2.45) is 0 Å². The number of aromatic nitrogens is 2. The lowest BCUT2D eigenvalue weighted by molar-refractivity contribution is -0.116. The first-order chi connectivity index (χ1) is 12.0. The monoisotopic (exact) mass is 341 g/mol. The van der Waals surface area contributed by atoms with Crippen molar-refractivity contribution in [3.8, 4) is 11.4 Å². The first-order valence-corrected chi connectivity index (χ1v) is 7.64. The molecule has 2 heterocycles. The van der Waals surface area contributed by atoms with Crippen molar-refractivity contribution in [2.45, 2.75) is 12.3 Å². The Morgan fingerprint density at radius 1 is 1.16 bits per heavy atom. The highest BCUT2D eigenvalue weighted by Gasteiger charge is 2.31. The summed E-state index contributed by atoms with van der Waals surface area (Å²) in [6.07, 6.45) is 1.54. The molecule has 0 radical (unpaired) electrons. The van der Waals surface area contributed by atoms with E-state index >= 15 is 0 Å². The van der Waals surface area contributed by atoms with Crippen molar-refractivity contribution in [3.05, 3.63) is 71.7 Å². The summed E-state index contributed by atoms with van der Waals surface area (Å²) in [5, 5.41) is 12.1. The molecule has 3 aromatic rings. The van der Waals surface area contributed by atoms with Crippen molar-refractivity contribution in [2.75, 3.05) is 5.32 Å². The SMILES string of the molecule is O=C1C[C@@H](c2ccc(O)cc2)c2ncn(-c3cc(F)ccc3F)c2N1. The van der Waals surface area contributed by atoms with Gasteiger partial charge in [-0.05, 0) is 29.8 Å². The number of anilines is 1. The zero-order chi connectivity index (χ0) is 17.6. The van der Waals surface area contributed by atoms with Gasteiger partial charge in [-0.1, -0.05) is 12.1 Å². The fraction of sp³-hybridized carbons (Fsp3) is 0.111. The fourth-order valence-electron chi connectivity index (χ4n) is 3.04. The summed E-state index contributed by atoms with van der Waals surface area (Å²) in [5.41, 5.74) is 1.34. The molecule has 4 rings (SSSR count). The quantitative estimate of drug-likeness (QED) is 0.751. The van der Waals surface area contributed by atoms with Crippen LogP contribution < -0.4 is 5.32 Å². The van der Waals surface area contributed by atoms with E-state index in [4.69, 9.17) is 0 Å². The molecule has 5 nitrogen and oxygen atoms in total. The van der Waals surface area contributed by atoms with Gasteiger partial charge in [-0.2, -0.15) is 0 Å². The van der Waals surface area contributed by atoms with Crippen LogP contribution in [0.25, 0.3) is 5.69 Å². The Hall–Kier alpha value is -3.22. The predicted molar refractivity (Wildman–Crippen MR) is 86.7 cm³/mol. The number of hydrogen-bond donors (Lipinski definition) is 2. The summed E-state index contributed by atoms with van der Waals surface area (Å²) >= 11 is 0. The number of hydrogen-bond acceptors (Lipinski definition) is 3. The number of carbonyl (C=O) groups is 1. The van der Waals surface area contributed by atoms with E-state index in [0.717, 1.165) is 23.8 Å². The number of benzene rings is 2. The van der Waals surface area contributed by atoms with Gasteiger partial charge in [-0.25, -0.2) is 13.8 Å². The zero-order valence-electron chi connectivity index (χ0n) is 12.9. The van der Waals surface area contributed by atoms with Gasteiger partial charge in [-0.15, -0.1) is 0 Å². The summed E-state index contributed by atoms with van der Waals surface area (Å²) in [5.74, 6) is -1.35. The van der Waals surface area contributed by atoms with Crippen molar-refractivity contribution in [1.29, 1.82) is 0 Å². The van der Waals surface area contributed by atoms with Gasteiger partial charge in [0.25, 0.3) is 0 Å². The number of fused-ring (bicyclic) bond motifs is 1. The Bertz CT molecular complexity index is 967. The summed E-state index contributed by atoms with van der Waals surface area (Å²) in [4.78, 5) is 16.5. The second kappa shape index (κ2) is 5.70. The van der Waals surface area contributed by atoms with Crippen molar-refractivity contribution >= 4 is 11.7 Å².